The van der Waals surface area contributed by atoms with Gasteiger partial charge in [0.1, 0.15) is 6.17 Å². The van der Waals surface area contributed by atoms with Gasteiger partial charge in [0, 0.05) is 12.8 Å². The summed E-state index contributed by atoms with van der Waals surface area (Å²) in [4.78, 5) is 6.85. The van der Waals surface area contributed by atoms with Gasteiger partial charge in [-0.25, -0.2) is 0 Å². The summed E-state index contributed by atoms with van der Waals surface area (Å²) in [6.45, 7) is 6.76. The summed E-state index contributed by atoms with van der Waals surface area (Å²) in [6.07, 6.45) is 25.1. The van der Waals surface area contributed by atoms with Gasteiger partial charge in [0.25, 0.3) is 0 Å². The SMILES string of the molecule is C=CCCCCCCCCCCCCCCCC1N=CCN1C(C)N. The Morgan fingerprint density at radius 2 is 1.44 bits per heavy atom. The number of unbranched alkanes of at least 4 members (excludes halogenated alkanes) is 13. The predicted molar refractivity (Wildman–Crippen MR) is 112 cm³/mol. The van der Waals surface area contributed by atoms with Gasteiger partial charge in [0.2, 0.25) is 0 Å². The number of allylic oxidation sites excluding steroid dienone is 1. The molecule has 1 rings (SSSR count). The quantitative estimate of drug-likeness (QED) is 0.257. The first kappa shape index (κ1) is 22.4. The molecule has 0 aliphatic carbocycles. The topological polar surface area (TPSA) is 41.6 Å². The highest BCUT2D eigenvalue weighted by molar-refractivity contribution is 5.62. The lowest BCUT2D eigenvalue weighted by atomic mass is 10.0. The van der Waals surface area contributed by atoms with Crippen LogP contribution in [0.25, 0.3) is 0 Å². The molecule has 1 aliphatic heterocycles. The highest BCUT2D eigenvalue weighted by atomic mass is 15.3. The molecule has 146 valence electrons. The summed E-state index contributed by atoms with van der Waals surface area (Å²) in [5, 5.41) is 0. The van der Waals surface area contributed by atoms with Crippen LogP contribution in [0, 0.1) is 0 Å². The van der Waals surface area contributed by atoms with Crippen LogP contribution in [0.4, 0.5) is 0 Å². The summed E-state index contributed by atoms with van der Waals surface area (Å²) < 4.78 is 0. The molecule has 1 aliphatic rings. The molecular weight excluding hydrogens is 306 g/mol. The molecule has 2 N–H and O–H groups in total. The molecule has 0 aromatic rings. The van der Waals surface area contributed by atoms with Crippen LogP contribution in [-0.2, 0) is 0 Å². The zero-order chi connectivity index (χ0) is 18.2. The van der Waals surface area contributed by atoms with E-state index in [4.69, 9.17) is 5.73 Å². The average molecular weight is 350 g/mol. The monoisotopic (exact) mass is 349 g/mol. The van der Waals surface area contributed by atoms with E-state index in [-0.39, 0.29) is 6.17 Å². The second kappa shape index (κ2) is 15.6. The van der Waals surface area contributed by atoms with Crippen molar-refractivity contribution in [1.29, 1.82) is 0 Å². The Kier molecular flexibility index (Phi) is 13.9. The van der Waals surface area contributed by atoms with Crippen molar-refractivity contribution < 1.29 is 0 Å². The van der Waals surface area contributed by atoms with E-state index in [9.17, 15) is 0 Å². The molecule has 2 unspecified atom stereocenters. The van der Waals surface area contributed by atoms with Gasteiger partial charge in [-0.15, -0.1) is 6.58 Å². The molecule has 0 aromatic carbocycles. The molecule has 0 saturated carbocycles. The Morgan fingerprint density at radius 1 is 0.960 bits per heavy atom. The van der Waals surface area contributed by atoms with Crippen LogP contribution >= 0.6 is 0 Å². The smallest absolute Gasteiger partial charge is 0.103 e. The zero-order valence-electron chi connectivity index (χ0n) is 16.8. The Morgan fingerprint density at radius 3 is 1.92 bits per heavy atom. The van der Waals surface area contributed by atoms with Gasteiger partial charge in [0.05, 0.1) is 6.17 Å². The summed E-state index contributed by atoms with van der Waals surface area (Å²) in [7, 11) is 0. The number of hydrogen-bond donors (Lipinski definition) is 1. The molecule has 0 spiro atoms. The fraction of sp³-hybridized carbons (Fsp3) is 0.864. The van der Waals surface area contributed by atoms with Crippen LogP contribution in [-0.4, -0.2) is 30.0 Å². The van der Waals surface area contributed by atoms with E-state index in [1.807, 2.05) is 12.3 Å². The van der Waals surface area contributed by atoms with Crippen LogP contribution in [0.2, 0.25) is 0 Å². The molecule has 0 aromatic heterocycles. The minimum atomic E-state index is 0.125. The van der Waals surface area contributed by atoms with Crippen LogP contribution in [0.5, 0.6) is 0 Å². The summed E-state index contributed by atoms with van der Waals surface area (Å²) in [5.41, 5.74) is 5.99. The number of aliphatic imine (C=N–C) groups is 1. The van der Waals surface area contributed by atoms with Crippen LogP contribution < -0.4 is 5.73 Å². The van der Waals surface area contributed by atoms with E-state index < -0.39 is 0 Å². The van der Waals surface area contributed by atoms with E-state index in [0.29, 0.717) is 6.17 Å². The van der Waals surface area contributed by atoms with E-state index >= 15 is 0 Å². The predicted octanol–water partition coefficient (Wildman–Crippen LogP) is 6.04. The van der Waals surface area contributed by atoms with Gasteiger partial charge in [-0.3, -0.25) is 9.89 Å². The van der Waals surface area contributed by atoms with Crippen molar-refractivity contribution in [2.45, 2.75) is 116 Å². The van der Waals surface area contributed by atoms with Crippen molar-refractivity contribution in [2.75, 3.05) is 6.54 Å². The van der Waals surface area contributed by atoms with E-state index in [1.165, 1.54) is 96.3 Å². The molecule has 0 bridgehead atoms. The molecule has 1 heterocycles. The first-order valence-electron chi connectivity index (χ1n) is 10.9. The Balaban J connectivity index is 1.77. The van der Waals surface area contributed by atoms with Gasteiger partial charge >= 0.3 is 0 Å². The zero-order valence-corrected chi connectivity index (χ0v) is 16.8. The first-order chi connectivity index (χ1) is 12.3. The Labute approximate surface area is 157 Å². The van der Waals surface area contributed by atoms with Gasteiger partial charge in [-0.1, -0.05) is 76.7 Å². The molecule has 2 atom stereocenters. The minimum Gasteiger partial charge on any atom is -0.316 e. The van der Waals surface area contributed by atoms with Gasteiger partial charge in [-0.2, -0.15) is 0 Å². The van der Waals surface area contributed by atoms with Crippen LogP contribution in [0.15, 0.2) is 17.6 Å². The molecule has 0 fully saturated rings. The van der Waals surface area contributed by atoms with Crippen molar-refractivity contribution in [3.8, 4) is 0 Å². The fourth-order valence-electron chi connectivity index (χ4n) is 3.71. The lowest BCUT2D eigenvalue weighted by Gasteiger charge is -2.26. The number of nitrogens with two attached hydrogens (primary N) is 1. The van der Waals surface area contributed by atoms with Crippen molar-refractivity contribution >= 4 is 6.21 Å². The number of nitrogens with zero attached hydrogens (tertiary/aromatic N) is 2. The second-order valence-electron chi connectivity index (χ2n) is 7.71. The molecule has 3 nitrogen and oxygen atoms in total. The maximum atomic E-state index is 5.99. The fourth-order valence-corrected chi connectivity index (χ4v) is 3.71. The highest BCUT2D eigenvalue weighted by Gasteiger charge is 2.22. The van der Waals surface area contributed by atoms with Crippen molar-refractivity contribution in [1.82, 2.24) is 4.90 Å². The maximum Gasteiger partial charge on any atom is 0.103 e. The minimum absolute atomic E-state index is 0.125. The van der Waals surface area contributed by atoms with E-state index in [0.717, 1.165) is 6.54 Å². The third-order valence-corrected chi connectivity index (χ3v) is 5.35. The summed E-state index contributed by atoms with van der Waals surface area (Å²) in [5.74, 6) is 0. The standard InChI is InChI=1S/C22H43N3/c1-3-4-5-6-7-8-9-10-11-12-13-14-15-16-17-18-22-24-19-20-25(22)21(2)23/h3,19,21-22H,1,4-18,20,23H2,2H3. The first-order valence-corrected chi connectivity index (χ1v) is 10.9. The normalized spacial score (nSPS) is 18.7. The third kappa shape index (κ3) is 11.5. The van der Waals surface area contributed by atoms with E-state index in [1.54, 1.807) is 0 Å². The van der Waals surface area contributed by atoms with Crippen molar-refractivity contribution in [3.05, 3.63) is 12.7 Å². The van der Waals surface area contributed by atoms with Gasteiger partial charge in [-0.05, 0) is 32.6 Å². The van der Waals surface area contributed by atoms with Crippen LogP contribution in [0.1, 0.15) is 103 Å². The maximum absolute atomic E-state index is 5.99. The van der Waals surface area contributed by atoms with Gasteiger partial charge in [0.15, 0.2) is 0 Å². The lowest BCUT2D eigenvalue weighted by Crippen LogP contribution is -2.43. The third-order valence-electron chi connectivity index (χ3n) is 5.35. The lowest BCUT2D eigenvalue weighted by molar-refractivity contribution is 0.182. The Bertz CT molecular complexity index is 338. The molecule has 3 heteroatoms. The summed E-state index contributed by atoms with van der Waals surface area (Å²) >= 11 is 0. The largest absolute Gasteiger partial charge is 0.316 e. The second-order valence-corrected chi connectivity index (χ2v) is 7.71. The van der Waals surface area contributed by atoms with Crippen molar-refractivity contribution in [2.24, 2.45) is 10.7 Å². The van der Waals surface area contributed by atoms with Crippen molar-refractivity contribution in [3.63, 3.8) is 0 Å². The molecule has 0 amide bonds. The average Bonchev–Trinajstić information content (AvgIpc) is 3.07. The molecule has 0 saturated heterocycles. The van der Waals surface area contributed by atoms with Gasteiger partial charge < -0.3 is 5.73 Å². The number of rotatable bonds is 17. The molecule has 25 heavy (non-hydrogen) atoms. The summed E-state index contributed by atoms with van der Waals surface area (Å²) in [6, 6.07) is 0. The molecule has 0 radical (unpaired) electrons. The number of hydrogen-bond acceptors (Lipinski definition) is 3. The van der Waals surface area contributed by atoms with Crippen LogP contribution in [0.3, 0.4) is 0 Å². The molecular formula is C22H43N3. The Hall–Kier alpha value is -0.670. The highest BCUT2D eigenvalue weighted by Crippen LogP contribution is 2.17. The van der Waals surface area contributed by atoms with E-state index in [2.05, 4.69) is 23.4 Å².